The summed E-state index contributed by atoms with van der Waals surface area (Å²) in [7, 11) is -3.40. The number of nitrogens with zero attached hydrogens (tertiary/aromatic N) is 2. The van der Waals surface area contributed by atoms with E-state index >= 15 is 0 Å². The van der Waals surface area contributed by atoms with Crippen LogP contribution < -0.4 is 5.32 Å². The molecule has 3 rings (SSSR count). The van der Waals surface area contributed by atoms with Crippen molar-refractivity contribution in [1.29, 1.82) is 0 Å². The number of sulfonamides is 1. The highest BCUT2D eigenvalue weighted by Gasteiger charge is 2.32. The number of rotatable bonds is 5. The molecule has 0 amide bonds. The van der Waals surface area contributed by atoms with Crippen LogP contribution in [0.2, 0.25) is 0 Å². The van der Waals surface area contributed by atoms with E-state index in [2.05, 4.69) is 17.4 Å². The summed E-state index contributed by atoms with van der Waals surface area (Å²) in [5, 5.41) is 7.99. The van der Waals surface area contributed by atoms with Crippen LogP contribution in [0.15, 0.2) is 28.8 Å². The Morgan fingerprint density at radius 2 is 2.23 bits per heavy atom. The molecule has 0 aliphatic carbocycles. The van der Waals surface area contributed by atoms with Crippen LogP contribution in [0.1, 0.15) is 25.5 Å². The second-order valence-corrected chi connectivity index (χ2v) is 7.56. The number of hydrogen-bond acceptors (Lipinski definition) is 5. The van der Waals surface area contributed by atoms with Gasteiger partial charge in [-0.3, -0.25) is 0 Å². The van der Waals surface area contributed by atoms with Crippen molar-refractivity contribution in [1.82, 2.24) is 14.8 Å². The molecule has 6 nitrogen and oxygen atoms in total. The maximum absolute atomic E-state index is 12.8. The Balaban J connectivity index is 1.86. The number of para-hydroxylation sites is 1. The molecule has 1 aliphatic rings. The van der Waals surface area contributed by atoms with Crippen LogP contribution in [0.25, 0.3) is 11.0 Å². The first-order chi connectivity index (χ1) is 10.6. The van der Waals surface area contributed by atoms with Gasteiger partial charge in [-0.05, 0) is 18.6 Å². The zero-order chi connectivity index (χ0) is 15.6. The Labute approximate surface area is 130 Å². The predicted octanol–water partition coefficient (Wildman–Crippen LogP) is 1.73. The molecule has 1 aromatic carbocycles. The van der Waals surface area contributed by atoms with Gasteiger partial charge in [-0.25, -0.2) is 8.42 Å². The third-order valence-electron chi connectivity index (χ3n) is 4.05. The molecule has 1 unspecified atom stereocenters. The van der Waals surface area contributed by atoms with Gasteiger partial charge in [0, 0.05) is 31.1 Å². The zero-order valence-corrected chi connectivity index (χ0v) is 13.5. The van der Waals surface area contributed by atoms with E-state index in [4.69, 9.17) is 4.52 Å². The number of hydrogen-bond donors (Lipinski definition) is 1. The second-order valence-electron chi connectivity index (χ2n) is 5.64. The smallest absolute Gasteiger partial charge is 0.220 e. The molecule has 2 aromatic rings. The SMILES string of the molecule is CCCC1CNCCN1S(=O)(=O)Cc1noc2ccccc12. The molecule has 22 heavy (non-hydrogen) atoms. The van der Waals surface area contributed by atoms with Crippen LogP contribution >= 0.6 is 0 Å². The fourth-order valence-electron chi connectivity index (χ4n) is 2.99. The van der Waals surface area contributed by atoms with Crippen molar-refractivity contribution in [3.05, 3.63) is 30.0 Å². The van der Waals surface area contributed by atoms with E-state index < -0.39 is 10.0 Å². The second kappa shape index (κ2) is 6.36. The highest BCUT2D eigenvalue weighted by Crippen LogP contribution is 2.23. The fourth-order valence-corrected chi connectivity index (χ4v) is 4.71. The van der Waals surface area contributed by atoms with E-state index in [-0.39, 0.29) is 11.8 Å². The Morgan fingerprint density at radius 3 is 3.05 bits per heavy atom. The molecular weight excluding hydrogens is 302 g/mol. The lowest BCUT2D eigenvalue weighted by atomic mass is 10.1. The molecular formula is C15H21N3O3S. The van der Waals surface area contributed by atoms with Crippen molar-refractivity contribution >= 4 is 21.0 Å². The molecule has 1 aromatic heterocycles. The van der Waals surface area contributed by atoms with Crippen molar-refractivity contribution < 1.29 is 12.9 Å². The molecule has 1 saturated heterocycles. The summed E-state index contributed by atoms with van der Waals surface area (Å²) in [6, 6.07) is 7.38. The predicted molar refractivity (Wildman–Crippen MR) is 84.9 cm³/mol. The molecule has 1 atom stereocenters. The van der Waals surface area contributed by atoms with Gasteiger partial charge in [-0.2, -0.15) is 4.31 Å². The lowest BCUT2D eigenvalue weighted by Crippen LogP contribution is -2.53. The summed E-state index contributed by atoms with van der Waals surface area (Å²) in [5.41, 5.74) is 1.11. The summed E-state index contributed by atoms with van der Waals surface area (Å²) in [6.45, 7) is 4.00. The van der Waals surface area contributed by atoms with Crippen LogP contribution in [0.5, 0.6) is 0 Å². The summed E-state index contributed by atoms with van der Waals surface area (Å²) >= 11 is 0. The van der Waals surface area contributed by atoms with Crippen molar-refractivity contribution in [3.8, 4) is 0 Å². The van der Waals surface area contributed by atoms with E-state index in [0.29, 0.717) is 30.9 Å². The number of aromatic nitrogens is 1. The van der Waals surface area contributed by atoms with Crippen LogP contribution in [-0.2, 0) is 15.8 Å². The molecule has 0 radical (unpaired) electrons. The Morgan fingerprint density at radius 1 is 1.41 bits per heavy atom. The average Bonchev–Trinajstić information content (AvgIpc) is 2.91. The van der Waals surface area contributed by atoms with Gasteiger partial charge in [0.1, 0.15) is 11.4 Å². The van der Waals surface area contributed by atoms with Crippen molar-refractivity contribution in [2.24, 2.45) is 0 Å². The molecule has 0 bridgehead atoms. The first-order valence-electron chi connectivity index (χ1n) is 7.65. The molecule has 2 heterocycles. The van der Waals surface area contributed by atoms with Crippen LogP contribution in [0, 0.1) is 0 Å². The molecule has 0 saturated carbocycles. The summed E-state index contributed by atoms with van der Waals surface area (Å²) in [5.74, 6) is -0.107. The minimum Gasteiger partial charge on any atom is -0.356 e. The quantitative estimate of drug-likeness (QED) is 0.907. The monoisotopic (exact) mass is 323 g/mol. The molecule has 120 valence electrons. The third-order valence-corrected chi connectivity index (χ3v) is 5.88. The third kappa shape index (κ3) is 3.02. The first-order valence-corrected chi connectivity index (χ1v) is 9.26. The van der Waals surface area contributed by atoms with E-state index in [0.717, 1.165) is 18.2 Å². The normalized spacial score (nSPS) is 20.5. The van der Waals surface area contributed by atoms with Crippen LogP contribution in [0.4, 0.5) is 0 Å². The van der Waals surface area contributed by atoms with Crippen molar-refractivity contribution in [2.45, 2.75) is 31.6 Å². The summed E-state index contributed by atoms with van der Waals surface area (Å²) in [6.07, 6.45) is 1.83. The largest absolute Gasteiger partial charge is 0.356 e. The van der Waals surface area contributed by atoms with Crippen molar-refractivity contribution in [2.75, 3.05) is 19.6 Å². The number of benzene rings is 1. The fraction of sp³-hybridized carbons (Fsp3) is 0.533. The lowest BCUT2D eigenvalue weighted by molar-refractivity contribution is 0.254. The average molecular weight is 323 g/mol. The first kappa shape index (κ1) is 15.5. The highest BCUT2D eigenvalue weighted by molar-refractivity contribution is 7.88. The van der Waals surface area contributed by atoms with Crippen LogP contribution in [0.3, 0.4) is 0 Å². The lowest BCUT2D eigenvalue weighted by Gasteiger charge is -2.35. The van der Waals surface area contributed by atoms with Gasteiger partial charge in [-0.1, -0.05) is 30.6 Å². The number of fused-ring (bicyclic) bond motifs is 1. The minimum absolute atomic E-state index is 0.0296. The Kier molecular flexibility index (Phi) is 4.46. The van der Waals surface area contributed by atoms with Gasteiger partial charge in [0.2, 0.25) is 10.0 Å². The molecule has 1 aliphatic heterocycles. The van der Waals surface area contributed by atoms with Gasteiger partial charge in [0.05, 0.1) is 0 Å². The van der Waals surface area contributed by atoms with Gasteiger partial charge < -0.3 is 9.84 Å². The van der Waals surface area contributed by atoms with Crippen LogP contribution in [-0.4, -0.2) is 43.6 Å². The Hall–Kier alpha value is -1.44. The van der Waals surface area contributed by atoms with E-state index in [1.807, 2.05) is 18.2 Å². The van der Waals surface area contributed by atoms with Crippen molar-refractivity contribution in [3.63, 3.8) is 0 Å². The molecule has 1 fully saturated rings. The zero-order valence-electron chi connectivity index (χ0n) is 12.7. The highest BCUT2D eigenvalue weighted by atomic mass is 32.2. The molecule has 7 heteroatoms. The molecule has 1 N–H and O–H groups in total. The minimum atomic E-state index is -3.40. The maximum atomic E-state index is 12.8. The van der Waals surface area contributed by atoms with Gasteiger partial charge in [-0.15, -0.1) is 0 Å². The number of nitrogens with one attached hydrogen (secondary N) is 1. The number of piperazine rings is 1. The van der Waals surface area contributed by atoms with E-state index in [9.17, 15) is 8.42 Å². The van der Waals surface area contributed by atoms with Gasteiger partial charge in [0.25, 0.3) is 0 Å². The van der Waals surface area contributed by atoms with Gasteiger partial charge >= 0.3 is 0 Å². The Bertz CT molecular complexity index is 739. The topological polar surface area (TPSA) is 75.4 Å². The summed E-state index contributed by atoms with van der Waals surface area (Å²) < 4.78 is 32.4. The standard InChI is InChI=1S/C15H21N3O3S/c1-2-5-12-10-16-8-9-18(12)22(19,20)11-14-13-6-3-4-7-15(13)21-17-14/h3-4,6-7,12,16H,2,5,8-11H2,1H3. The van der Waals surface area contributed by atoms with E-state index in [1.165, 1.54) is 0 Å². The molecule has 0 spiro atoms. The maximum Gasteiger partial charge on any atom is 0.220 e. The summed E-state index contributed by atoms with van der Waals surface area (Å²) in [4.78, 5) is 0. The van der Waals surface area contributed by atoms with Gasteiger partial charge in [0.15, 0.2) is 5.58 Å². The van der Waals surface area contributed by atoms with E-state index in [1.54, 1.807) is 10.4 Å².